The molecule has 0 unspecified atom stereocenters. The van der Waals surface area contributed by atoms with E-state index in [4.69, 9.17) is 0 Å². The van der Waals surface area contributed by atoms with Crippen LogP contribution in [0.5, 0.6) is 0 Å². The SMILES string of the molecule is CNC(=O)c1c[nH]c2ccc(C)nc2c1=O. The standard InChI is InChI=1S/C11H11N3O2/c1-6-3-4-8-9(14-6)10(15)7(5-13-8)11(16)12-2/h3-5H,1-2H3,(H,12,16)(H,13,15). The Morgan fingerprint density at radius 3 is 2.88 bits per heavy atom. The topological polar surface area (TPSA) is 74.8 Å². The summed E-state index contributed by atoms with van der Waals surface area (Å²) in [5.74, 6) is -0.411. The highest BCUT2D eigenvalue weighted by Gasteiger charge is 2.11. The molecule has 0 aliphatic heterocycles. The molecule has 82 valence electrons. The fourth-order valence-corrected chi connectivity index (χ4v) is 1.49. The van der Waals surface area contributed by atoms with Gasteiger partial charge in [-0.3, -0.25) is 9.59 Å². The predicted octanol–water partition coefficient (Wildman–Crippen LogP) is 0.591. The lowest BCUT2D eigenvalue weighted by molar-refractivity contribution is 0.0962. The van der Waals surface area contributed by atoms with Gasteiger partial charge < -0.3 is 10.3 Å². The fraction of sp³-hybridized carbons (Fsp3) is 0.182. The van der Waals surface area contributed by atoms with Crippen LogP contribution < -0.4 is 10.7 Å². The van der Waals surface area contributed by atoms with Crippen LogP contribution in [0, 0.1) is 6.92 Å². The molecule has 0 fully saturated rings. The number of amides is 1. The maximum Gasteiger partial charge on any atom is 0.256 e. The zero-order chi connectivity index (χ0) is 11.7. The molecular weight excluding hydrogens is 206 g/mol. The average molecular weight is 217 g/mol. The molecule has 5 heteroatoms. The normalized spacial score (nSPS) is 10.4. The molecule has 0 aliphatic rings. The largest absolute Gasteiger partial charge is 0.359 e. The number of hydrogen-bond donors (Lipinski definition) is 2. The van der Waals surface area contributed by atoms with Crippen molar-refractivity contribution in [3.05, 3.63) is 39.8 Å². The van der Waals surface area contributed by atoms with E-state index in [-0.39, 0.29) is 11.0 Å². The number of carbonyl (C=O) groups is 1. The van der Waals surface area contributed by atoms with E-state index in [9.17, 15) is 9.59 Å². The summed E-state index contributed by atoms with van der Waals surface area (Å²) >= 11 is 0. The van der Waals surface area contributed by atoms with Crippen LogP contribution in [0.25, 0.3) is 11.0 Å². The average Bonchev–Trinajstić information content (AvgIpc) is 2.29. The quantitative estimate of drug-likeness (QED) is 0.734. The van der Waals surface area contributed by atoms with Crippen molar-refractivity contribution in [1.29, 1.82) is 0 Å². The minimum Gasteiger partial charge on any atom is -0.359 e. The molecule has 0 aliphatic carbocycles. The highest BCUT2D eigenvalue weighted by Crippen LogP contribution is 2.06. The summed E-state index contributed by atoms with van der Waals surface area (Å²) in [5.41, 5.74) is 1.39. The van der Waals surface area contributed by atoms with Gasteiger partial charge in [0, 0.05) is 18.9 Å². The zero-order valence-electron chi connectivity index (χ0n) is 9.00. The second kappa shape index (κ2) is 3.77. The molecule has 2 N–H and O–H groups in total. The van der Waals surface area contributed by atoms with Crippen LogP contribution in [0.15, 0.2) is 23.1 Å². The minimum absolute atomic E-state index is 0.0769. The zero-order valence-corrected chi connectivity index (χ0v) is 9.00. The van der Waals surface area contributed by atoms with E-state index in [0.717, 1.165) is 5.69 Å². The van der Waals surface area contributed by atoms with Crippen molar-refractivity contribution in [2.45, 2.75) is 6.92 Å². The lowest BCUT2D eigenvalue weighted by atomic mass is 10.2. The third kappa shape index (κ3) is 1.56. The summed E-state index contributed by atoms with van der Waals surface area (Å²) < 4.78 is 0. The summed E-state index contributed by atoms with van der Waals surface area (Å²) in [6, 6.07) is 3.57. The lowest BCUT2D eigenvalue weighted by Crippen LogP contribution is -2.26. The van der Waals surface area contributed by atoms with Gasteiger partial charge in [-0.25, -0.2) is 4.98 Å². The molecule has 1 amide bonds. The number of nitrogens with zero attached hydrogens (tertiary/aromatic N) is 1. The van der Waals surface area contributed by atoms with Gasteiger partial charge in [-0.2, -0.15) is 0 Å². The first-order valence-corrected chi connectivity index (χ1v) is 4.84. The van der Waals surface area contributed by atoms with Gasteiger partial charge in [0.2, 0.25) is 5.43 Å². The van der Waals surface area contributed by atoms with Crippen molar-refractivity contribution in [1.82, 2.24) is 15.3 Å². The van der Waals surface area contributed by atoms with Crippen molar-refractivity contribution in [2.75, 3.05) is 7.05 Å². The Labute approximate surface area is 91.5 Å². The Morgan fingerprint density at radius 1 is 1.44 bits per heavy atom. The molecule has 0 saturated carbocycles. The summed E-state index contributed by atoms with van der Waals surface area (Å²) in [7, 11) is 1.48. The highest BCUT2D eigenvalue weighted by atomic mass is 16.2. The number of pyridine rings is 2. The first kappa shape index (κ1) is 10.4. The Balaban J connectivity index is 2.78. The number of hydrogen-bond acceptors (Lipinski definition) is 3. The van der Waals surface area contributed by atoms with E-state index in [1.807, 2.05) is 0 Å². The van der Waals surface area contributed by atoms with E-state index < -0.39 is 5.91 Å². The molecule has 2 aromatic rings. The number of aromatic amines is 1. The molecule has 0 spiro atoms. The lowest BCUT2D eigenvalue weighted by Gasteiger charge is -2.02. The molecule has 16 heavy (non-hydrogen) atoms. The van der Waals surface area contributed by atoms with E-state index >= 15 is 0 Å². The van der Waals surface area contributed by atoms with Crippen LogP contribution >= 0.6 is 0 Å². The summed E-state index contributed by atoms with van der Waals surface area (Å²) in [6.07, 6.45) is 1.40. The van der Waals surface area contributed by atoms with Crippen molar-refractivity contribution >= 4 is 16.9 Å². The van der Waals surface area contributed by atoms with Crippen LogP contribution in [0.1, 0.15) is 16.1 Å². The van der Waals surface area contributed by atoms with E-state index in [2.05, 4.69) is 15.3 Å². The predicted molar refractivity (Wildman–Crippen MR) is 60.5 cm³/mol. The molecule has 0 aromatic carbocycles. The van der Waals surface area contributed by atoms with Crippen LogP contribution in [0.3, 0.4) is 0 Å². The Bertz CT molecular complexity index is 616. The number of rotatable bonds is 1. The van der Waals surface area contributed by atoms with Crippen LogP contribution in [0.4, 0.5) is 0 Å². The third-order valence-electron chi connectivity index (χ3n) is 2.34. The summed E-state index contributed by atoms with van der Waals surface area (Å²) in [5, 5.41) is 2.41. The molecule has 0 radical (unpaired) electrons. The molecule has 2 aromatic heterocycles. The van der Waals surface area contributed by atoms with Gasteiger partial charge in [0.15, 0.2) is 0 Å². The number of carbonyl (C=O) groups excluding carboxylic acids is 1. The number of aryl methyl sites for hydroxylation is 1. The third-order valence-corrected chi connectivity index (χ3v) is 2.34. The van der Waals surface area contributed by atoms with Gasteiger partial charge in [0.25, 0.3) is 5.91 Å². The number of nitrogens with one attached hydrogen (secondary N) is 2. The second-order valence-electron chi connectivity index (χ2n) is 3.46. The van der Waals surface area contributed by atoms with Gasteiger partial charge >= 0.3 is 0 Å². The maximum atomic E-state index is 11.9. The Hall–Kier alpha value is -2.17. The molecular formula is C11H11N3O2. The van der Waals surface area contributed by atoms with Gasteiger partial charge in [-0.05, 0) is 19.1 Å². The molecule has 2 heterocycles. The van der Waals surface area contributed by atoms with Crippen LogP contribution in [-0.2, 0) is 0 Å². The van der Waals surface area contributed by atoms with Gasteiger partial charge in [0.1, 0.15) is 11.1 Å². The van der Waals surface area contributed by atoms with Crippen molar-refractivity contribution < 1.29 is 4.79 Å². The first-order chi connectivity index (χ1) is 7.63. The summed E-state index contributed by atoms with van der Waals surface area (Å²) in [4.78, 5) is 30.3. The highest BCUT2D eigenvalue weighted by molar-refractivity contribution is 5.96. The molecule has 2 rings (SSSR count). The van der Waals surface area contributed by atoms with E-state index in [0.29, 0.717) is 11.0 Å². The molecule has 5 nitrogen and oxygen atoms in total. The maximum absolute atomic E-state index is 11.9. The fourth-order valence-electron chi connectivity index (χ4n) is 1.49. The Kier molecular flexibility index (Phi) is 2.44. The van der Waals surface area contributed by atoms with E-state index in [1.54, 1.807) is 19.1 Å². The molecule has 0 saturated heterocycles. The number of aromatic nitrogens is 2. The van der Waals surface area contributed by atoms with Crippen molar-refractivity contribution in [2.24, 2.45) is 0 Å². The van der Waals surface area contributed by atoms with E-state index in [1.165, 1.54) is 13.2 Å². The smallest absolute Gasteiger partial charge is 0.256 e. The number of fused-ring (bicyclic) bond motifs is 1. The first-order valence-electron chi connectivity index (χ1n) is 4.84. The number of H-pyrrole nitrogens is 1. The minimum atomic E-state index is -0.411. The van der Waals surface area contributed by atoms with Crippen molar-refractivity contribution in [3.63, 3.8) is 0 Å². The van der Waals surface area contributed by atoms with Gasteiger partial charge in [0.05, 0.1) is 5.52 Å². The molecule has 0 bridgehead atoms. The van der Waals surface area contributed by atoms with Crippen molar-refractivity contribution in [3.8, 4) is 0 Å². The molecule has 0 atom stereocenters. The van der Waals surface area contributed by atoms with Gasteiger partial charge in [-0.1, -0.05) is 0 Å². The van der Waals surface area contributed by atoms with Gasteiger partial charge in [-0.15, -0.1) is 0 Å². The second-order valence-corrected chi connectivity index (χ2v) is 3.46. The Morgan fingerprint density at radius 2 is 2.19 bits per heavy atom. The van der Waals surface area contributed by atoms with Crippen LogP contribution in [0.2, 0.25) is 0 Å². The summed E-state index contributed by atoms with van der Waals surface area (Å²) in [6.45, 7) is 1.80. The van der Waals surface area contributed by atoms with Crippen LogP contribution in [-0.4, -0.2) is 22.9 Å². The monoisotopic (exact) mass is 217 g/mol.